The molecule has 3 rings (SSSR count). The first-order valence-corrected chi connectivity index (χ1v) is 7.76. The first kappa shape index (κ1) is 15.3. The fourth-order valence-electron chi connectivity index (χ4n) is 3.13. The molecule has 1 aliphatic heterocycles. The third-order valence-electron chi connectivity index (χ3n) is 4.05. The number of fused-ring (bicyclic) bond motifs is 1. The second-order valence-corrected chi connectivity index (χ2v) is 6.17. The summed E-state index contributed by atoms with van der Waals surface area (Å²) >= 11 is 0. The molecule has 0 aromatic heterocycles. The molecule has 0 radical (unpaired) electrons. The van der Waals surface area contributed by atoms with Crippen molar-refractivity contribution >= 4 is 23.2 Å². The molecular weight excluding hydrogens is 288 g/mol. The van der Waals surface area contributed by atoms with E-state index in [1.807, 2.05) is 63.2 Å². The zero-order valence-electron chi connectivity index (χ0n) is 13.6. The highest BCUT2D eigenvalue weighted by molar-refractivity contribution is 6.11. The molecule has 2 aromatic carbocycles. The molecule has 23 heavy (non-hydrogen) atoms. The maximum Gasteiger partial charge on any atom is 0.258 e. The molecule has 0 spiro atoms. The van der Waals surface area contributed by atoms with Crippen molar-refractivity contribution in [3.05, 3.63) is 59.2 Å². The second kappa shape index (κ2) is 5.88. The minimum Gasteiger partial charge on any atom is -0.324 e. The summed E-state index contributed by atoms with van der Waals surface area (Å²) in [5.41, 5.74) is 4.18. The van der Waals surface area contributed by atoms with Crippen LogP contribution in [0.5, 0.6) is 0 Å². The molecule has 1 heterocycles. The number of nitrogens with zero attached hydrogens (tertiary/aromatic N) is 1. The monoisotopic (exact) mass is 308 g/mol. The van der Waals surface area contributed by atoms with Crippen LogP contribution in [0.2, 0.25) is 0 Å². The van der Waals surface area contributed by atoms with Gasteiger partial charge in [-0.1, -0.05) is 29.3 Å². The quantitative estimate of drug-likeness (QED) is 0.873. The average molecular weight is 308 g/mol. The van der Waals surface area contributed by atoms with E-state index in [2.05, 4.69) is 5.32 Å². The summed E-state index contributed by atoms with van der Waals surface area (Å²) in [6, 6.07) is 13.1. The first-order chi connectivity index (χ1) is 11.0. The summed E-state index contributed by atoms with van der Waals surface area (Å²) in [7, 11) is 0. The Morgan fingerprint density at radius 2 is 1.78 bits per heavy atom. The maximum absolute atomic E-state index is 13.1. The first-order valence-electron chi connectivity index (χ1n) is 7.76. The van der Waals surface area contributed by atoms with Crippen LogP contribution < -0.4 is 10.2 Å². The molecule has 0 saturated heterocycles. The van der Waals surface area contributed by atoms with Gasteiger partial charge in [-0.25, -0.2) is 0 Å². The fourth-order valence-corrected chi connectivity index (χ4v) is 3.13. The Morgan fingerprint density at radius 3 is 2.48 bits per heavy atom. The van der Waals surface area contributed by atoms with E-state index in [0.717, 1.165) is 16.8 Å². The van der Waals surface area contributed by atoms with Crippen molar-refractivity contribution in [2.75, 3.05) is 10.2 Å². The number of carbonyl (C=O) groups excluding carboxylic acids is 2. The molecule has 0 aliphatic carbocycles. The van der Waals surface area contributed by atoms with Gasteiger partial charge < -0.3 is 10.2 Å². The van der Waals surface area contributed by atoms with Crippen molar-refractivity contribution in [2.45, 2.75) is 33.2 Å². The predicted molar refractivity (Wildman–Crippen MR) is 91.9 cm³/mol. The highest BCUT2D eigenvalue weighted by Gasteiger charge is 2.30. The number of hydrogen-bond donors (Lipinski definition) is 1. The summed E-state index contributed by atoms with van der Waals surface area (Å²) in [4.78, 5) is 26.9. The van der Waals surface area contributed by atoms with E-state index in [9.17, 15) is 9.59 Å². The van der Waals surface area contributed by atoms with Crippen LogP contribution in [-0.4, -0.2) is 17.9 Å². The number of nitrogens with one attached hydrogen (secondary N) is 1. The molecule has 0 saturated carbocycles. The molecule has 1 aliphatic rings. The summed E-state index contributed by atoms with van der Waals surface area (Å²) in [5.74, 6) is -0.145. The lowest BCUT2D eigenvalue weighted by atomic mass is 10.0. The fraction of sp³-hybridized carbons (Fsp3) is 0.263. The molecule has 4 heteroatoms. The Bertz CT molecular complexity index is 762. The predicted octanol–water partition coefficient (Wildman–Crippen LogP) is 3.68. The van der Waals surface area contributed by atoms with Gasteiger partial charge in [0, 0.05) is 18.0 Å². The molecule has 4 nitrogen and oxygen atoms in total. The molecular formula is C19H20N2O2. The van der Waals surface area contributed by atoms with Gasteiger partial charge in [0.25, 0.3) is 5.91 Å². The number of hydrogen-bond acceptors (Lipinski definition) is 2. The highest BCUT2D eigenvalue weighted by atomic mass is 16.2. The van der Waals surface area contributed by atoms with Gasteiger partial charge in [-0.3, -0.25) is 9.59 Å². The summed E-state index contributed by atoms with van der Waals surface area (Å²) in [5, 5.41) is 2.88. The molecule has 2 amide bonds. The van der Waals surface area contributed by atoms with Crippen molar-refractivity contribution in [2.24, 2.45) is 0 Å². The van der Waals surface area contributed by atoms with Gasteiger partial charge in [-0.15, -0.1) is 0 Å². The topological polar surface area (TPSA) is 49.4 Å². The number of rotatable bonds is 1. The van der Waals surface area contributed by atoms with E-state index in [1.54, 1.807) is 4.90 Å². The van der Waals surface area contributed by atoms with Crippen molar-refractivity contribution < 1.29 is 9.59 Å². The average Bonchev–Trinajstić information content (AvgIpc) is 2.60. The molecule has 0 unspecified atom stereocenters. The summed E-state index contributed by atoms with van der Waals surface area (Å²) in [6.07, 6.45) is 0.283. The number of carbonyl (C=O) groups is 2. The second-order valence-electron chi connectivity index (χ2n) is 6.17. The van der Waals surface area contributed by atoms with Crippen LogP contribution >= 0.6 is 0 Å². The molecule has 1 atom stereocenters. The standard InChI is InChI=1S/C19H20N2O2/c1-12-8-13(2)10-15(9-12)19(23)21-14(3)11-18(22)20-16-6-4-5-7-17(16)21/h4-10,14H,11H2,1-3H3,(H,20,22)/t14-/m1/s1. The lowest BCUT2D eigenvalue weighted by molar-refractivity contribution is -0.116. The summed E-state index contributed by atoms with van der Waals surface area (Å²) < 4.78 is 0. The Kier molecular flexibility index (Phi) is 3.90. The third-order valence-corrected chi connectivity index (χ3v) is 4.05. The van der Waals surface area contributed by atoms with Crippen molar-refractivity contribution in [3.63, 3.8) is 0 Å². The van der Waals surface area contributed by atoms with Crippen LogP contribution in [0.1, 0.15) is 34.8 Å². The van der Waals surface area contributed by atoms with Gasteiger partial charge in [0.1, 0.15) is 0 Å². The van der Waals surface area contributed by atoms with E-state index >= 15 is 0 Å². The number of anilines is 2. The van der Waals surface area contributed by atoms with Crippen molar-refractivity contribution in [1.82, 2.24) is 0 Å². The van der Waals surface area contributed by atoms with Crippen molar-refractivity contribution in [1.29, 1.82) is 0 Å². The van der Waals surface area contributed by atoms with Gasteiger partial charge in [0.05, 0.1) is 11.4 Å². The zero-order valence-corrected chi connectivity index (χ0v) is 13.6. The number of aryl methyl sites for hydroxylation is 2. The number of para-hydroxylation sites is 2. The van der Waals surface area contributed by atoms with Crippen molar-refractivity contribution in [3.8, 4) is 0 Å². The molecule has 2 aromatic rings. The van der Waals surface area contributed by atoms with E-state index in [4.69, 9.17) is 0 Å². The van der Waals surface area contributed by atoms with Crippen LogP contribution in [0.4, 0.5) is 11.4 Å². The van der Waals surface area contributed by atoms with E-state index in [-0.39, 0.29) is 24.3 Å². The third kappa shape index (κ3) is 2.97. The van der Waals surface area contributed by atoms with Crippen LogP contribution in [0.15, 0.2) is 42.5 Å². The molecule has 1 N–H and O–H groups in total. The Balaban J connectivity index is 2.09. The van der Waals surface area contributed by atoms with Crippen LogP contribution in [0.3, 0.4) is 0 Å². The number of amides is 2. The smallest absolute Gasteiger partial charge is 0.258 e. The van der Waals surface area contributed by atoms with Crippen LogP contribution in [-0.2, 0) is 4.79 Å². The molecule has 0 bridgehead atoms. The largest absolute Gasteiger partial charge is 0.324 e. The SMILES string of the molecule is Cc1cc(C)cc(C(=O)N2c3ccccc3NC(=O)C[C@H]2C)c1. The normalized spacial score (nSPS) is 17.3. The Hall–Kier alpha value is -2.62. The van der Waals surface area contributed by atoms with E-state index < -0.39 is 0 Å². The molecule has 118 valence electrons. The Morgan fingerprint density at radius 1 is 1.13 bits per heavy atom. The Labute approximate surface area is 136 Å². The maximum atomic E-state index is 13.1. The minimum absolute atomic E-state index is 0.0688. The minimum atomic E-state index is -0.202. The lowest BCUT2D eigenvalue weighted by Gasteiger charge is -2.28. The highest BCUT2D eigenvalue weighted by Crippen LogP contribution is 2.32. The lowest BCUT2D eigenvalue weighted by Crippen LogP contribution is -2.39. The summed E-state index contributed by atoms with van der Waals surface area (Å²) in [6.45, 7) is 5.87. The van der Waals surface area contributed by atoms with E-state index in [0.29, 0.717) is 11.3 Å². The number of benzene rings is 2. The van der Waals surface area contributed by atoms with Gasteiger partial charge in [0.15, 0.2) is 0 Å². The van der Waals surface area contributed by atoms with Gasteiger partial charge in [0.2, 0.25) is 5.91 Å². The van der Waals surface area contributed by atoms with Gasteiger partial charge >= 0.3 is 0 Å². The molecule has 0 fully saturated rings. The zero-order chi connectivity index (χ0) is 16.6. The van der Waals surface area contributed by atoms with Crippen LogP contribution in [0, 0.1) is 13.8 Å². The van der Waals surface area contributed by atoms with Gasteiger partial charge in [-0.05, 0) is 45.0 Å². The van der Waals surface area contributed by atoms with Gasteiger partial charge in [-0.2, -0.15) is 0 Å². The van der Waals surface area contributed by atoms with E-state index in [1.165, 1.54) is 0 Å². The van der Waals surface area contributed by atoms with Crippen LogP contribution in [0.25, 0.3) is 0 Å².